The Morgan fingerprint density at radius 2 is 1.81 bits per heavy atom. The molecule has 0 atom stereocenters. The summed E-state index contributed by atoms with van der Waals surface area (Å²) in [6, 6.07) is 2.75. The molecule has 6 nitrogen and oxygen atoms in total. The minimum atomic E-state index is -4.92. The third-order valence-corrected chi connectivity index (χ3v) is 5.07. The molecule has 0 radical (unpaired) electrons. The van der Waals surface area contributed by atoms with Crippen molar-refractivity contribution >= 4 is 21.6 Å². The van der Waals surface area contributed by atoms with E-state index in [2.05, 4.69) is 10.0 Å². The lowest BCUT2D eigenvalue weighted by Crippen LogP contribution is -2.29. The molecular weight excluding hydrogens is 390 g/mol. The van der Waals surface area contributed by atoms with Crippen LogP contribution in [0.2, 0.25) is 0 Å². The number of amides is 1. The number of alkyl halides is 3. The molecular formula is C16H17F4N3O3S. The summed E-state index contributed by atoms with van der Waals surface area (Å²) in [7, 11) is -2.44. The summed E-state index contributed by atoms with van der Waals surface area (Å²) in [6.07, 6.45) is -3.72. The van der Waals surface area contributed by atoms with Crippen LogP contribution in [0.5, 0.6) is 0 Å². The summed E-state index contributed by atoms with van der Waals surface area (Å²) >= 11 is 0. The Kier molecular flexibility index (Phi) is 5.66. The minimum absolute atomic E-state index is 0.1000. The topological polar surface area (TPSA) is 80.2 Å². The standard InChI is InChI=1S/C16H17F4N3O3S/c1-9(2)22-27(25,26)11-7-14(23(3)8-11)15(24)21-10-4-5-13(17)12(6-10)16(18,19)20/h4-9,22H,1-3H3,(H,21,24). The number of halogens is 4. The van der Waals surface area contributed by atoms with Gasteiger partial charge in [0, 0.05) is 25.0 Å². The second-order valence-corrected chi connectivity index (χ2v) is 7.81. The number of aromatic nitrogens is 1. The fraction of sp³-hybridized carbons (Fsp3) is 0.312. The summed E-state index contributed by atoms with van der Waals surface area (Å²) in [5, 5.41) is 2.20. The van der Waals surface area contributed by atoms with Gasteiger partial charge in [-0.05, 0) is 38.1 Å². The second kappa shape index (κ2) is 7.31. The van der Waals surface area contributed by atoms with Crippen LogP contribution in [0, 0.1) is 5.82 Å². The van der Waals surface area contributed by atoms with Gasteiger partial charge in [0.15, 0.2) is 0 Å². The van der Waals surface area contributed by atoms with Gasteiger partial charge >= 0.3 is 6.18 Å². The lowest BCUT2D eigenvalue weighted by Gasteiger charge is -2.11. The minimum Gasteiger partial charge on any atom is -0.345 e. The number of sulfonamides is 1. The van der Waals surface area contributed by atoms with Crippen molar-refractivity contribution < 1.29 is 30.8 Å². The average Bonchev–Trinajstić information content (AvgIpc) is 2.90. The van der Waals surface area contributed by atoms with E-state index in [1.54, 1.807) is 13.8 Å². The zero-order valence-corrected chi connectivity index (χ0v) is 15.4. The molecule has 2 N–H and O–H groups in total. The highest BCUT2D eigenvalue weighted by molar-refractivity contribution is 7.89. The summed E-state index contributed by atoms with van der Waals surface area (Å²) in [4.78, 5) is 12.2. The van der Waals surface area contributed by atoms with Gasteiger partial charge in [-0.3, -0.25) is 4.79 Å². The quantitative estimate of drug-likeness (QED) is 0.748. The number of nitrogens with one attached hydrogen (secondary N) is 2. The van der Waals surface area contributed by atoms with E-state index in [1.165, 1.54) is 17.8 Å². The molecule has 27 heavy (non-hydrogen) atoms. The zero-order valence-electron chi connectivity index (χ0n) is 14.6. The molecule has 148 valence electrons. The van der Waals surface area contributed by atoms with Crippen molar-refractivity contribution in [2.45, 2.75) is 31.0 Å². The van der Waals surface area contributed by atoms with Gasteiger partial charge in [0.05, 0.1) is 5.56 Å². The molecule has 0 spiro atoms. The smallest absolute Gasteiger partial charge is 0.345 e. The predicted octanol–water partition coefficient (Wildman–Crippen LogP) is 3.12. The molecule has 0 saturated carbocycles. The highest BCUT2D eigenvalue weighted by Gasteiger charge is 2.34. The van der Waals surface area contributed by atoms with E-state index >= 15 is 0 Å². The maximum Gasteiger partial charge on any atom is 0.419 e. The Morgan fingerprint density at radius 1 is 1.19 bits per heavy atom. The van der Waals surface area contributed by atoms with Crippen molar-refractivity contribution in [2.24, 2.45) is 7.05 Å². The van der Waals surface area contributed by atoms with Gasteiger partial charge in [-0.25, -0.2) is 17.5 Å². The van der Waals surface area contributed by atoms with Gasteiger partial charge in [-0.2, -0.15) is 13.2 Å². The van der Waals surface area contributed by atoms with Crippen LogP contribution in [0.1, 0.15) is 29.9 Å². The Hall–Kier alpha value is -2.40. The molecule has 2 aromatic rings. The zero-order chi connectivity index (χ0) is 20.6. The molecule has 1 aromatic heterocycles. The van der Waals surface area contributed by atoms with Gasteiger partial charge < -0.3 is 9.88 Å². The van der Waals surface area contributed by atoms with Crippen LogP contribution in [-0.4, -0.2) is 24.9 Å². The van der Waals surface area contributed by atoms with Gasteiger partial charge in [0.2, 0.25) is 10.0 Å². The fourth-order valence-corrected chi connectivity index (χ4v) is 3.62. The first-order chi connectivity index (χ1) is 12.3. The molecule has 0 unspecified atom stereocenters. The van der Waals surface area contributed by atoms with Crippen molar-refractivity contribution in [1.82, 2.24) is 9.29 Å². The number of carbonyl (C=O) groups excluding carboxylic acids is 1. The fourth-order valence-electron chi connectivity index (χ4n) is 2.30. The SMILES string of the molecule is CC(C)NS(=O)(=O)c1cc(C(=O)Nc2ccc(F)c(C(F)(F)F)c2)n(C)c1. The molecule has 1 heterocycles. The van der Waals surface area contributed by atoms with Crippen molar-refractivity contribution in [3.05, 3.63) is 47.5 Å². The van der Waals surface area contributed by atoms with Crippen LogP contribution < -0.4 is 10.0 Å². The number of hydrogen-bond acceptors (Lipinski definition) is 3. The average molecular weight is 407 g/mol. The summed E-state index contributed by atoms with van der Waals surface area (Å²) in [5.41, 5.74) is -1.90. The first-order valence-corrected chi connectivity index (χ1v) is 9.16. The Balaban J connectivity index is 2.30. The monoisotopic (exact) mass is 407 g/mol. The van der Waals surface area contributed by atoms with Crippen molar-refractivity contribution in [3.8, 4) is 0 Å². The van der Waals surface area contributed by atoms with Gasteiger partial charge in [-0.1, -0.05) is 0 Å². The molecule has 0 bridgehead atoms. The highest BCUT2D eigenvalue weighted by Crippen LogP contribution is 2.33. The summed E-state index contributed by atoms with van der Waals surface area (Å²) in [5.74, 6) is -2.31. The van der Waals surface area contributed by atoms with E-state index in [0.717, 1.165) is 12.1 Å². The molecule has 0 aliphatic heterocycles. The van der Waals surface area contributed by atoms with Crippen molar-refractivity contribution in [1.29, 1.82) is 0 Å². The van der Waals surface area contributed by atoms with E-state index < -0.39 is 33.5 Å². The first-order valence-electron chi connectivity index (χ1n) is 7.68. The lowest BCUT2D eigenvalue weighted by atomic mass is 10.1. The number of aryl methyl sites for hydroxylation is 1. The third kappa shape index (κ3) is 4.86. The molecule has 0 aliphatic rings. The van der Waals surface area contributed by atoms with E-state index in [4.69, 9.17) is 0 Å². The molecule has 0 fully saturated rings. The van der Waals surface area contributed by atoms with Crippen LogP contribution in [0.15, 0.2) is 35.4 Å². The molecule has 0 aliphatic carbocycles. The molecule has 11 heteroatoms. The number of nitrogens with zero attached hydrogens (tertiary/aromatic N) is 1. The van der Waals surface area contributed by atoms with E-state index in [9.17, 15) is 30.8 Å². The molecule has 1 aromatic carbocycles. The third-order valence-electron chi connectivity index (χ3n) is 3.44. The molecule has 2 rings (SSSR count). The van der Waals surface area contributed by atoms with Gasteiger partial charge in [0.25, 0.3) is 5.91 Å². The van der Waals surface area contributed by atoms with Crippen molar-refractivity contribution in [3.63, 3.8) is 0 Å². The summed E-state index contributed by atoms with van der Waals surface area (Å²) in [6.45, 7) is 3.25. The number of rotatable bonds is 5. The maximum absolute atomic E-state index is 13.3. The van der Waals surface area contributed by atoms with E-state index in [1.807, 2.05) is 0 Å². The van der Waals surface area contributed by atoms with Crippen LogP contribution >= 0.6 is 0 Å². The molecule has 1 amide bonds. The number of carbonyl (C=O) groups is 1. The van der Waals surface area contributed by atoms with Crippen LogP contribution in [0.4, 0.5) is 23.2 Å². The predicted molar refractivity (Wildman–Crippen MR) is 90.2 cm³/mol. The van der Waals surface area contributed by atoms with Crippen LogP contribution in [-0.2, 0) is 23.2 Å². The van der Waals surface area contributed by atoms with Gasteiger partial charge in [0.1, 0.15) is 16.4 Å². The normalized spacial score (nSPS) is 12.4. The molecule has 0 saturated heterocycles. The van der Waals surface area contributed by atoms with Crippen LogP contribution in [0.3, 0.4) is 0 Å². The number of benzene rings is 1. The van der Waals surface area contributed by atoms with Gasteiger partial charge in [-0.15, -0.1) is 0 Å². The Morgan fingerprint density at radius 3 is 2.37 bits per heavy atom. The maximum atomic E-state index is 13.3. The van der Waals surface area contributed by atoms with E-state index in [0.29, 0.717) is 12.1 Å². The largest absolute Gasteiger partial charge is 0.419 e. The number of anilines is 1. The van der Waals surface area contributed by atoms with Crippen molar-refractivity contribution in [2.75, 3.05) is 5.32 Å². The number of hydrogen-bond donors (Lipinski definition) is 2. The van der Waals surface area contributed by atoms with E-state index in [-0.39, 0.29) is 22.3 Å². The van der Waals surface area contributed by atoms with Crippen LogP contribution in [0.25, 0.3) is 0 Å². The first kappa shape index (κ1) is 20.9. The Labute approximate surface area is 153 Å². The Bertz CT molecular complexity index is 966. The second-order valence-electron chi connectivity index (χ2n) is 6.09. The summed E-state index contributed by atoms with van der Waals surface area (Å²) < 4.78 is 79.5. The highest BCUT2D eigenvalue weighted by atomic mass is 32.2. The lowest BCUT2D eigenvalue weighted by molar-refractivity contribution is -0.139.